The van der Waals surface area contributed by atoms with Crippen LogP contribution in [0.5, 0.6) is 80.5 Å². The first-order valence-electron chi connectivity index (χ1n) is 18.6. The second-order valence-electron chi connectivity index (χ2n) is 14.9. The van der Waals surface area contributed by atoms with Crippen LogP contribution in [0.2, 0.25) is 0 Å². The molecule has 0 unspecified atom stereocenters. The Hall–Kier alpha value is -8.94. The molecule has 5 aromatic carbocycles. The molecule has 6 aromatic rings. The second-order valence-corrected chi connectivity index (χ2v) is 14.9. The Morgan fingerprint density at radius 3 is 1.74 bits per heavy atom. The van der Waals surface area contributed by atoms with E-state index in [1.165, 1.54) is 0 Å². The van der Waals surface area contributed by atoms with Crippen molar-refractivity contribution in [2.75, 3.05) is 6.61 Å². The Kier molecular flexibility index (Phi) is 9.34. The molecular weight excluding hydrogens is 892 g/mol. The molecule has 0 radical (unpaired) electrons. The molecule has 0 spiro atoms. The number of carbonyl (C=O) groups is 3. The maximum absolute atomic E-state index is 14.4. The van der Waals surface area contributed by atoms with Gasteiger partial charge in [-0.3, -0.25) is 0 Å². The number of hydrogen-bond acceptors (Lipinski definition) is 25. The van der Waals surface area contributed by atoms with Gasteiger partial charge in [-0.15, -0.1) is 0 Å². The minimum atomic E-state index is -2.47. The standard InChI is InChI=1S/C41H28O25/c42-11-1-7(2-12(43)23(11)46)37(56)66-36-32(55)33-15(63-41(36)60)6-62-38(57)8-3-13(44)25(48)27(50)17(8)20-22-21-19-10(5-61-34(21)30(53)29(20)52)18(28(51)31(54)35(19)65-40(22)59)16-9(39(58)64-33)4-14(45)24(47)26(16)49/h1-4,15,32-33,36,41-55,60H,5-6H2/t15-,32+,33-,36-,41-/m1/s1. The normalized spacial score (nSPS) is 20.1. The Balaban J connectivity index is 1.33. The van der Waals surface area contributed by atoms with Crippen molar-refractivity contribution in [2.45, 2.75) is 37.3 Å². The van der Waals surface area contributed by atoms with E-state index in [0.717, 1.165) is 0 Å². The SMILES string of the molecule is O=C(O[C@@H]1[C@@H](O)[C@@H]2OC(=O)c3cc(O)c(O)c(O)c3-c3c(O)c(O)c4oc(=O)c5c(c(O)c(O)c6c5c4c3CO6)-c3c(cc(O)c(O)c3O)C(=O)OC[C@H]2O[C@H]1O)c1cc(O)c(O)c(O)c1. The molecule has 3 aliphatic rings. The summed E-state index contributed by atoms with van der Waals surface area (Å²) in [7, 11) is 0. The summed E-state index contributed by atoms with van der Waals surface area (Å²) in [6.07, 6.45) is -11.6. The minimum absolute atomic E-state index is 0.464. The number of benzene rings is 5. The van der Waals surface area contributed by atoms with Crippen molar-refractivity contribution in [1.82, 2.24) is 0 Å². The third-order valence-corrected chi connectivity index (χ3v) is 11.2. The number of phenols is 13. The highest BCUT2D eigenvalue weighted by Gasteiger charge is 2.50. The Bertz CT molecular complexity index is 3240. The van der Waals surface area contributed by atoms with Crippen LogP contribution in [0.3, 0.4) is 0 Å². The molecule has 5 atom stereocenters. The van der Waals surface area contributed by atoms with Gasteiger partial charge in [0, 0.05) is 38.6 Å². The average molecular weight is 921 g/mol. The zero-order valence-corrected chi connectivity index (χ0v) is 32.4. The van der Waals surface area contributed by atoms with Crippen LogP contribution in [0.4, 0.5) is 0 Å². The maximum Gasteiger partial charge on any atom is 0.345 e. The van der Waals surface area contributed by atoms with E-state index in [0.29, 0.717) is 24.3 Å². The molecule has 15 N–H and O–H groups in total. The number of fused-ring (bicyclic) bond motifs is 5. The Labute approximate surface area is 362 Å². The molecule has 25 nitrogen and oxygen atoms in total. The summed E-state index contributed by atoms with van der Waals surface area (Å²) in [6, 6.07) is 2.16. The molecule has 342 valence electrons. The Morgan fingerprint density at radius 2 is 1.12 bits per heavy atom. The zero-order chi connectivity index (χ0) is 47.7. The highest BCUT2D eigenvalue weighted by molar-refractivity contribution is 6.22. The summed E-state index contributed by atoms with van der Waals surface area (Å²) >= 11 is 0. The van der Waals surface area contributed by atoms with E-state index in [1.807, 2.05) is 0 Å². The van der Waals surface area contributed by atoms with Gasteiger partial charge in [-0.25, -0.2) is 19.2 Å². The van der Waals surface area contributed by atoms with Crippen molar-refractivity contribution in [2.24, 2.45) is 0 Å². The van der Waals surface area contributed by atoms with Gasteiger partial charge >= 0.3 is 23.5 Å². The molecule has 1 saturated heterocycles. The van der Waals surface area contributed by atoms with E-state index >= 15 is 0 Å². The molecule has 3 aliphatic heterocycles. The number of hydrogen-bond donors (Lipinski definition) is 15. The molecule has 25 heteroatoms. The van der Waals surface area contributed by atoms with Crippen molar-refractivity contribution in [3.63, 3.8) is 0 Å². The fraction of sp³-hybridized carbons (Fsp3) is 0.171. The lowest BCUT2D eigenvalue weighted by atomic mass is 9.86. The van der Waals surface area contributed by atoms with E-state index < -0.39 is 214 Å². The van der Waals surface area contributed by atoms with Crippen molar-refractivity contribution >= 4 is 39.6 Å². The molecule has 0 saturated carbocycles. The van der Waals surface area contributed by atoms with Crippen LogP contribution in [0.25, 0.3) is 44.0 Å². The molecule has 0 aliphatic carbocycles. The van der Waals surface area contributed by atoms with E-state index in [4.69, 9.17) is 28.1 Å². The summed E-state index contributed by atoms with van der Waals surface area (Å²) in [5, 5.41) is 162. The van der Waals surface area contributed by atoms with E-state index in [-0.39, 0.29) is 0 Å². The monoisotopic (exact) mass is 920 g/mol. The number of aliphatic hydroxyl groups excluding tert-OH is 2. The number of aliphatic hydroxyl groups is 2. The summed E-state index contributed by atoms with van der Waals surface area (Å²) in [5.41, 5.74) is -9.57. The smallest absolute Gasteiger partial charge is 0.345 e. The predicted molar refractivity (Wildman–Crippen MR) is 209 cm³/mol. The highest BCUT2D eigenvalue weighted by Crippen LogP contribution is 2.60. The van der Waals surface area contributed by atoms with Crippen molar-refractivity contribution in [1.29, 1.82) is 0 Å². The molecular formula is C41H28O25. The first kappa shape index (κ1) is 42.4. The quantitative estimate of drug-likeness (QED) is 0.0383. The third kappa shape index (κ3) is 5.91. The van der Waals surface area contributed by atoms with Crippen LogP contribution in [0, 0.1) is 0 Å². The van der Waals surface area contributed by atoms with Gasteiger partial charge in [-0.1, -0.05) is 0 Å². The van der Waals surface area contributed by atoms with E-state index in [2.05, 4.69) is 0 Å². The summed E-state index contributed by atoms with van der Waals surface area (Å²) in [5.74, 6) is -22.0. The van der Waals surface area contributed by atoms with Crippen LogP contribution >= 0.6 is 0 Å². The van der Waals surface area contributed by atoms with Crippen LogP contribution in [-0.4, -0.2) is 132 Å². The van der Waals surface area contributed by atoms with Gasteiger partial charge in [-0.2, -0.15) is 0 Å². The minimum Gasteiger partial charge on any atom is -0.504 e. The van der Waals surface area contributed by atoms with Crippen molar-refractivity contribution in [3.8, 4) is 103 Å². The lowest BCUT2D eigenvalue weighted by Crippen LogP contribution is -2.61. The molecule has 6 bridgehead atoms. The zero-order valence-electron chi connectivity index (χ0n) is 32.4. The average Bonchev–Trinajstić information content (AvgIpc) is 3.27. The number of phenolic OH excluding ortho intramolecular Hbond substituents is 13. The van der Waals surface area contributed by atoms with Crippen LogP contribution in [-0.2, 0) is 25.6 Å². The summed E-state index contributed by atoms with van der Waals surface area (Å²) in [4.78, 5) is 55.6. The lowest BCUT2D eigenvalue weighted by molar-refractivity contribution is -0.284. The van der Waals surface area contributed by atoms with Gasteiger partial charge in [0.1, 0.15) is 25.4 Å². The van der Waals surface area contributed by atoms with Gasteiger partial charge in [0.25, 0.3) is 0 Å². The lowest BCUT2D eigenvalue weighted by Gasteiger charge is -2.41. The molecule has 1 fully saturated rings. The highest BCUT2D eigenvalue weighted by atomic mass is 16.7. The van der Waals surface area contributed by atoms with Gasteiger partial charge in [0.15, 0.2) is 81.6 Å². The van der Waals surface area contributed by atoms with E-state index in [9.17, 15) is 95.8 Å². The number of carbonyl (C=O) groups excluding carboxylic acids is 3. The molecule has 9 rings (SSSR count). The molecule has 1 aromatic heterocycles. The Morgan fingerprint density at radius 1 is 0.576 bits per heavy atom. The number of rotatable bonds is 2. The van der Waals surface area contributed by atoms with Gasteiger partial charge < -0.3 is 105 Å². The maximum atomic E-state index is 14.4. The number of ether oxygens (including phenoxy) is 5. The first-order valence-corrected chi connectivity index (χ1v) is 18.6. The van der Waals surface area contributed by atoms with Crippen LogP contribution < -0.4 is 10.4 Å². The third-order valence-electron chi connectivity index (χ3n) is 11.2. The number of esters is 3. The predicted octanol–water partition coefficient (Wildman–Crippen LogP) is 1.34. The van der Waals surface area contributed by atoms with E-state index in [1.54, 1.807) is 0 Å². The molecule has 4 heterocycles. The molecule has 0 amide bonds. The first-order chi connectivity index (χ1) is 31.1. The second kappa shape index (κ2) is 14.6. The summed E-state index contributed by atoms with van der Waals surface area (Å²) in [6.45, 7) is -2.14. The number of aromatic hydroxyl groups is 13. The van der Waals surface area contributed by atoms with Gasteiger partial charge in [0.05, 0.1) is 22.1 Å². The van der Waals surface area contributed by atoms with Crippen molar-refractivity contribution < 1.29 is 119 Å². The fourth-order valence-corrected chi connectivity index (χ4v) is 8.11. The topological polar surface area (TPSA) is 431 Å². The summed E-state index contributed by atoms with van der Waals surface area (Å²) < 4.78 is 32.7. The molecule has 66 heavy (non-hydrogen) atoms. The fourth-order valence-electron chi connectivity index (χ4n) is 8.11. The largest absolute Gasteiger partial charge is 0.504 e. The number of cyclic esters (lactones) is 1. The van der Waals surface area contributed by atoms with Gasteiger partial charge in [-0.05, 0) is 24.3 Å². The van der Waals surface area contributed by atoms with Crippen molar-refractivity contribution in [3.05, 3.63) is 56.9 Å². The van der Waals surface area contributed by atoms with Crippen LogP contribution in [0.15, 0.2) is 33.5 Å². The van der Waals surface area contributed by atoms with Crippen LogP contribution in [0.1, 0.15) is 36.6 Å². The van der Waals surface area contributed by atoms with Gasteiger partial charge in [0.2, 0.25) is 23.0 Å².